The Bertz CT molecular complexity index is 893. The number of aryl methyl sites for hydroxylation is 1. The van der Waals surface area contributed by atoms with Crippen molar-refractivity contribution in [3.63, 3.8) is 0 Å². The second-order valence-corrected chi connectivity index (χ2v) is 8.53. The van der Waals surface area contributed by atoms with Crippen LogP contribution in [-0.2, 0) is 6.42 Å². The molecule has 2 fully saturated rings. The molecule has 0 atom stereocenters. The predicted octanol–water partition coefficient (Wildman–Crippen LogP) is 6.01. The van der Waals surface area contributed by atoms with E-state index in [1.54, 1.807) is 6.26 Å². The third kappa shape index (κ3) is 4.79. The van der Waals surface area contributed by atoms with E-state index in [0.717, 1.165) is 47.5 Å². The zero-order valence-corrected chi connectivity index (χ0v) is 18.2. The van der Waals surface area contributed by atoms with Gasteiger partial charge < -0.3 is 13.8 Å². The molecule has 1 saturated carbocycles. The summed E-state index contributed by atoms with van der Waals surface area (Å²) in [6.07, 6.45) is 12.1. The van der Waals surface area contributed by atoms with E-state index in [2.05, 4.69) is 15.0 Å². The molecule has 2 aromatic heterocycles. The van der Waals surface area contributed by atoms with Gasteiger partial charge in [0.2, 0.25) is 0 Å². The SMILES string of the molecule is Cl.c1coc(-c2ccc(-c3nc(CCC4CCN(C5CCCC5)CC4)no3)cc2)c1. The first-order valence-corrected chi connectivity index (χ1v) is 11.1. The predicted molar refractivity (Wildman–Crippen MR) is 120 cm³/mol. The zero-order valence-electron chi connectivity index (χ0n) is 17.3. The molecule has 0 N–H and O–H groups in total. The van der Waals surface area contributed by atoms with Gasteiger partial charge in [-0.2, -0.15) is 4.98 Å². The highest BCUT2D eigenvalue weighted by Crippen LogP contribution is 2.30. The van der Waals surface area contributed by atoms with Crippen molar-refractivity contribution in [1.29, 1.82) is 0 Å². The Balaban J connectivity index is 0.00000218. The average Bonchev–Trinajstić information content (AvgIpc) is 3.56. The first-order valence-electron chi connectivity index (χ1n) is 11.1. The van der Waals surface area contributed by atoms with Crippen LogP contribution in [0.1, 0.15) is 50.8 Å². The van der Waals surface area contributed by atoms with Gasteiger partial charge in [0.1, 0.15) is 5.76 Å². The van der Waals surface area contributed by atoms with Gasteiger partial charge in [0.25, 0.3) is 5.89 Å². The third-order valence-corrected chi connectivity index (χ3v) is 6.67. The van der Waals surface area contributed by atoms with E-state index in [-0.39, 0.29) is 12.4 Å². The van der Waals surface area contributed by atoms with Gasteiger partial charge >= 0.3 is 0 Å². The van der Waals surface area contributed by atoms with Crippen molar-refractivity contribution in [2.45, 2.75) is 57.4 Å². The van der Waals surface area contributed by atoms with Crippen molar-refractivity contribution in [1.82, 2.24) is 15.0 Å². The highest BCUT2D eigenvalue weighted by molar-refractivity contribution is 5.85. The van der Waals surface area contributed by atoms with Crippen LogP contribution >= 0.6 is 12.4 Å². The smallest absolute Gasteiger partial charge is 0.257 e. The van der Waals surface area contributed by atoms with E-state index in [0.29, 0.717) is 5.89 Å². The van der Waals surface area contributed by atoms with Crippen LogP contribution in [0.25, 0.3) is 22.8 Å². The topological polar surface area (TPSA) is 55.3 Å². The number of piperidine rings is 1. The molecule has 30 heavy (non-hydrogen) atoms. The summed E-state index contributed by atoms with van der Waals surface area (Å²) in [5, 5.41) is 4.21. The summed E-state index contributed by atoms with van der Waals surface area (Å²) in [5.41, 5.74) is 1.99. The van der Waals surface area contributed by atoms with Crippen LogP contribution < -0.4 is 0 Å². The summed E-state index contributed by atoms with van der Waals surface area (Å²) in [6, 6.07) is 12.8. The molecule has 5 nitrogen and oxygen atoms in total. The number of halogens is 1. The van der Waals surface area contributed by atoms with E-state index in [4.69, 9.17) is 8.94 Å². The average molecular weight is 428 g/mol. The highest BCUT2D eigenvalue weighted by atomic mass is 35.5. The molecule has 160 valence electrons. The lowest BCUT2D eigenvalue weighted by Crippen LogP contribution is -2.40. The van der Waals surface area contributed by atoms with Crippen molar-refractivity contribution in [3.8, 4) is 22.8 Å². The van der Waals surface area contributed by atoms with Crippen molar-refractivity contribution >= 4 is 12.4 Å². The fourth-order valence-corrected chi connectivity index (χ4v) is 4.90. The van der Waals surface area contributed by atoms with Gasteiger partial charge in [-0.1, -0.05) is 30.1 Å². The zero-order chi connectivity index (χ0) is 19.5. The van der Waals surface area contributed by atoms with Gasteiger partial charge in [-0.05, 0) is 75.4 Å². The molecule has 0 spiro atoms. The Morgan fingerprint density at radius 1 is 0.933 bits per heavy atom. The van der Waals surface area contributed by atoms with Gasteiger partial charge in [0.05, 0.1) is 6.26 Å². The lowest BCUT2D eigenvalue weighted by atomic mass is 9.91. The van der Waals surface area contributed by atoms with E-state index in [1.165, 1.54) is 51.6 Å². The van der Waals surface area contributed by atoms with Gasteiger partial charge in [-0.25, -0.2) is 0 Å². The molecule has 0 radical (unpaired) electrons. The Morgan fingerprint density at radius 2 is 1.67 bits per heavy atom. The van der Waals surface area contributed by atoms with Crippen molar-refractivity contribution in [3.05, 3.63) is 48.5 Å². The Hall–Kier alpha value is -2.11. The largest absolute Gasteiger partial charge is 0.464 e. The van der Waals surface area contributed by atoms with Gasteiger partial charge in [0, 0.05) is 23.6 Å². The van der Waals surface area contributed by atoms with Gasteiger partial charge in [-0.15, -0.1) is 12.4 Å². The van der Waals surface area contributed by atoms with Crippen molar-refractivity contribution < 1.29 is 8.94 Å². The first kappa shape index (κ1) is 21.1. The molecular weight excluding hydrogens is 398 g/mol. The molecule has 1 saturated heterocycles. The van der Waals surface area contributed by atoms with Crippen molar-refractivity contribution in [2.24, 2.45) is 5.92 Å². The second-order valence-electron chi connectivity index (χ2n) is 8.53. The summed E-state index contributed by atoms with van der Waals surface area (Å²) in [7, 11) is 0. The Labute approximate surface area is 184 Å². The molecule has 0 bridgehead atoms. The molecule has 6 heteroatoms. The minimum Gasteiger partial charge on any atom is -0.464 e. The van der Waals surface area contributed by atoms with Crippen LogP contribution in [0, 0.1) is 5.92 Å². The fourth-order valence-electron chi connectivity index (χ4n) is 4.90. The molecule has 3 heterocycles. The highest BCUT2D eigenvalue weighted by Gasteiger charge is 2.27. The fraction of sp³-hybridized carbons (Fsp3) is 0.500. The van der Waals surface area contributed by atoms with Crippen LogP contribution in [0.15, 0.2) is 51.6 Å². The summed E-state index contributed by atoms with van der Waals surface area (Å²) >= 11 is 0. The maximum Gasteiger partial charge on any atom is 0.257 e. The number of nitrogens with zero attached hydrogens (tertiary/aromatic N) is 3. The minimum atomic E-state index is 0. The molecule has 3 aromatic rings. The number of benzene rings is 1. The van der Waals surface area contributed by atoms with E-state index < -0.39 is 0 Å². The number of aromatic nitrogens is 2. The summed E-state index contributed by atoms with van der Waals surface area (Å²) in [5.74, 6) is 3.08. The standard InChI is InChI=1S/C24H29N3O2.ClH/c1-2-5-21(4-1)27-15-13-18(14-16-27)7-12-23-25-24(29-26-23)20-10-8-19(9-11-20)22-6-3-17-28-22;/h3,6,8-11,17-18,21H,1-2,4-5,7,12-16H2;1H. The number of hydrogen-bond donors (Lipinski definition) is 0. The lowest BCUT2D eigenvalue weighted by molar-refractivity contribution is 0.131. The van der Waals surface area contributed by atoms with Gasteiger partial charge in [0.15, 0.2) is 5.82 Å². The summed E-state index contributed by atoms with van der Waals surface area (Å²) in [6.45, 7) is 2.55. The van der Waals surface area contributed by atoms with Crippen molar-refractivity contribution in [2.75, 3.05) is 13.1 Å². The van der Waals surface area contributed by atoms with E-state index in [1.807, 2.05) is 36.4 Å². The maximum absolute atomic E-state index is 5.51. The molecule has 5 rings (SSSR count). The quantitative estimate of drug-likeness (QED) is 0.482. The van der Waals surface area contributed by atoms with E-state index in [9.17, 15) is 0 Å². The van der Waals surface area contributed by atoms with Crippen LogP contribution in [0.3, 0.4) is 0 Å². The summed E-state index contributed by atoms with van der Waals surface area (Å²) in [4.78, 5) is 7.36. The molecular formula is C24H30ClN3O2. The Morgan fingerprint density at radius 3 is 2.37 bits per heavy atom. The van der Waals surface area contributed by atoms with Crippen LogP contribution in [0.4, 0.5) is 0 Å². The molecule has 1 aliphatic heterocycles. The number of furan rings is 1. The van der Waals surface area contributed by atoms with Crippen LogP contribution in [0.5, 0.6) is 0 Å². The molecule has 2 aliphatic rings. The monoisotopic (exact) mass is 427 g/mol. The minimum absolute atomic E-state index is 0. The summed E-state index contributed by atoms with van der Waals surface area (Å²) < 4.78 is 11.0. The number of hydrogen-bond acceptors (Lipinski definition) is 5. The van der Waals surface area contributed by atoms with Crippen LogP contribution in [-0.4, -0.2) is 34.2 Å². The second kappa shape index (κ2) is 9.80. The van der Waals surface area contributed by atoms with E-state index >= 15 is 0 Å². The normalized spacial score (nSPS) is 18.5. The molecule has 1 aliphatic carbocycles. The van der Waals surface area contributed by atoms with Crippen LogP contribution in [0.2, 0.25) is 0 Å². The number of rotatable bonds is 6. The lowest BCUT2D eigenvalue weighted by Gasteiger charge is -2.36. The molecule has 0 amide bonds. The molecule has 1 aromatic carbocycles. The molecule has 0 unspecified atom stereocenters. The maximum atomic E-state index is 5.51. The third-order valence-electron chi connectivity index (χ3n) is 6.67. The Kier molecular flexibility index (Phi) is 6.90. The first-order chi connectivity index (χ1) is 14.3. The number of likely N-dealkylation sites (tertiary alicyclic amines) is 1. The van der Waals surface area contributed by atoms with Gasteiger partial charge in [-0.3, -0.25) is 0 Å².